The zero-order valence-corrected chi connectivity index (χ0v) is 24.4. The number of imidazole rings is 1. The first-order valence-corrected chi connectivity index (χ1v) is 14.5. The number of aromatic nitrogens is 2. The summed E-state index contributed by atoms with van der Waals surface area (Å²) in [4.78, 5) is 34.0. The van der Waals surface area contributed by atoms with Crippen molar-refractivity contribution in [2.24, 2.45) is 0 Å². The molecule has 0 bridgehead atoms. The molecule has 0 radical (unpaired) electrons. The highest BCUT2D eigenvalue weighted by Crippen LogP contribution is 2.64. The SMILES string of the molecule is C.COCCN1[C@H]2CCn3c(nc4cc(C(=O)OC)ccc43)[C@H]2[C@H](c2cccc(Cl)c2F)[C@]12C(=O)Nc1cc(Cl)ccc12. The number of carbonyl (C=O) groups is 2. The van der Waals surface area contributed by atoms with Gasteiger partial charge in [-0.15, -0.1) is 0 Å². The van der Waals surface area contributed by atoms with Gasteiger partial charge < -0.3 is 19.4 Å². The number of nitrogens with one attached hydrogen (secondary N) is 1. The van der Waals surface area contributed by atoms with E-state index in [0.717, 1.165) is 16.9 Å². The molecular weight excluding hydrogens is 594 g/mol. The van der Waals surface area contributed by atoms with Crippen molar-refractivity contribution in [3.63, 3.8) is 0 Å². The fourth-order valence-corrected chi connectivity index (χ4v) is 7.87. The summed E-state index contributed by atoms with van der Waals surface area (Å²) < 4.78 is 28.7. The number of nitrogens with zero attached hydrogens (tertiary/aromatic N) is 3. The molecule has 1 aromatic heterocycles. The van der Waals surface area contributed by atoms with Crippen LogP contribution >= 0.6 is 23.2 Å². The van der Waals surface area contributed by atoms with Crippen molar-refractivity contribution in [2.75, 3.05) is 32.7 Å². The summed E-state index contributed by atoms with van der Waals surface area (Å²) in [7, 11) is 2.96. The standard InChI is InChI=1S/C31H27Cl2FN4O4.CH4/c1-41-13-12-38-24-10-11-37-23-9-6-16(29(39)42-2)14-22(23)35-28(37)25(24)26(18-4-3-5-20(33)27(18)34)31(38)19-8-7-17(32)15-21(19)36-30(31)40;/h3-9,14-15,24-26H,10-13H2,1-2H3,(H,36,40);1H4/t24-,25+,26-,31+;/m0./s1. The predicted octanol–water partition coefficient (Wildman–Crippen LogP) is 6.35. The van der Waals surface area contributed by atoms with Gasteiger partial charge in [0.05, 0.1) is 35.3 Å². The van der Waals surface area contributed by atoms with Crippen molar-refractivity contribution < 1.29 is 23.5 Å². The van der Waals surface area contributed by atoms with Gasteiger partial charge in [-0.25, -0.2) is 14.2 Å². The molecule has 1 fully saturated rings. The Morgan fingerprint density at radius 2 is 1.98 bits per heavy atom. The van der Waals surface area contributed by atoms with Crippen LogP contribution in [0.4, 0.5) is 10.1 Å². The number of esters is 1. The summed E-state index contributed by atoms with van der Waals surface area (Å²) in [5.41, 5.74) is 2.25. The van der Waals surface area contributed by atoms with Gasteiger partial charge in [-0.2, -0.15) is 0 Å². The fraction of sp³-hybridized carbons (Fsp3) is 0.344. The Morgan fingerprint density at radius 1 is 1.16 bits per heavy atom. The van der Waals surface area contributed by atoms with Crippen LogP contribution in [0.1, 0.15) is 53.0 Å². The molecule has 0 saturated carbocycles. The van der Waals surface area contributed by atoms with Crippen LogP contribution < -0.4 is 5.32 Å². The Kier molecular flexibility index (Phi) is 7.49. The molecule has 1 amide bonds. The van der Waals surface area contributed by atoms with Crippen LogP contribution in [0.3, 0.4) is 0 Å². The maximum atomic E-state index is 16.1. The van der Waals surface area contributed by atoms with Crippen LogP contribution in [-0.2, 0) is 26.4 Å². The van der Waals surface area contributed by atoms with Crippen LogP contribution in [0.5, 0.6) is 0 Å². The van der Waals surface area contributed by atoms with E-state index in [9.17, 15) is 9.59 Å². The van der Waals surface area contributed by atoms with Crippen LogP contribution in [0.25, 0.3) is 11.0 Å². The van der Waals surface area contributed by atoms with E-state index in [-0.39, 0.29) is 24.4 Å². The average molecular weight is 626 g/mol. The molecule has 11 heteroatoms. The maximum absolute atomic E-state index is 16.1. The molecule has 3 aliphatic heterocycles. The summed E-state index contributed by atoms with van der Waals surface area (Å²) in [6, 6.07) is 15.4. The van der Waals surface area contributed by atoms with E-state index < -0.39 is 29.2 Å². The maximum Gasteiger partial charge on any atom is 0.337 e. The molecule has 3 aromatic carbocycles. The fourth-order valence-electron chi connectivity index (χ4n) is 7.51. The Bertz CT molecular complexity index is 1780. The number of benzene rings is 3. The number of amides is 1. The minimum absolute atomic E-state index is 0. The molecule has 0 unspecified atom stereocenters. The Labute approximate surface area is 258 Å². The van der Waals surface area contributed by atoms with Crippen LogP contribution in [0.15, 0.2) is 54.6 Å². The van der Waals surface area contributed by atoms with E-state index in [1.165, 1.54) is 13.2 Å². The molecule has 7 rings (SSSR count). The summed E-state index contributed by atoms with van der Waals surface area (Å²) in [6.07, 6.45) is 0.683. The van der Waals surface area contributed by atoms with Crippen LogP contribution in [-0.4, -0.2) is 59.7 Å². The number of methoxy groups -OCH3 is 2. The number of hydrogen-bond donors (Lipinski definition) is 1. The van der Waals surface area contributed by atoms with E-state index in [4.69, 9.17) is 37.7 Å². The second-order valence-electron chi connectivity index (χ2n) is 10.9. The molecule has 0 aliphatic carbocycles. The summed E-state index contributed by atoms with van der Waals surface area (Å²) >= 11 is 12.7. The highest BCUT2D eigenvalue weighted by atomic mass is 35.5. The largest absolute Gasteiger partial charge is 0.465 e. The number of halogens is 3. The smallest absolute Gasteiger partial charge is 0.337 e. The van der Waals surface area contributed by atoms with Crippen molar-refractivity contribution in [1.29, 1.82) is 0 Å². The van der Waals surface area contributed by atoms with Crippen molar-refractivity contribution >= 4 is 51.8 Å². The van der Waals surface area contributed by atoms with Gasteiger partial charge in [0.1, 0.15) is 17.2 Å². The first-order valence-electron chi connectivity index (χ1n) is 13.7. The van der Waals surface area contributed by atoms with Crippen molar-refractivity contribution in [3.05, 3.63) is 93.0 Å². The topological polar surface area (TPSA) is 85.7 Å². The van der Waals surface area contributed by atoms with Crippen molar-refractivity contribution in [3.8, 4) is 0 Å². The number of fused-ring (bicyclic) bond motifs is 7. The highest BCUT2D eigenvalue weighted by molar-refractivity contribution is 6.31. The number of carbonyl (C=O) groups excluding carboxylic acids is 2. The van der Waals surface area contributed by atoms with Gasteiger partial charge in [0, 0.05) is 54.4 Å². The first kappa shape index (κ1) is 29.6. The second kappa shape index (κ2) is 10.9. The first-order chi connectivity index (χ1) is 20.3. The third kappa shape index (κ3) is 4.13. The van der Waals surface area contributed by atoms with Crippen LogP contribution in [0, 0.1) is 5.82 Å². The van der Waals surface area contributed by atoms with E-state index in [1.807, 2.05) is 12.1 Å². The monoisotopic (exact) mass is 624 g/mol. The van der Waals surface area contributed by atoms with E-state index >= 15 is 4.39 Å². The van der Waals surface area contributed by atoms with E-state index in [2.05, 4.69) is 14.8 Å². The number of hydrogen-bond acceptors (Lipinski definition) is 6. The number of rotatable bonds is 5. The molecule has 4 aromatic rings. The molecule has 43 heavy (non-hydrogen) atoms. The molecular formula is C32H31Cl2FN4O4. The minimum Gasteiger partial charge on any atom is -0.465 e. The number of likely N-dealkylation sites (tertiary alicyclic amines) is 1. The zero-order chi connectivity index (χ0) is 29.3. The lowest BCUT2D eigenvalue weighted by atomic mass is 9.70. The molecule has 4 atom stereocenters. The molecule has 1 saturated heterocycles. The lowest BCUT2D eigenvalue weighted by Crippen LogP contribution is -2.53. The van der Waals surface area contributed by atoms with Gasteiger partial charge >= 0.3 is 5.97 Å². The van der Waals surface area contributed by atoms with Crippen molar-refractivity contribution in [1.82, 2.24) is 14.5 Å². The van der Waals surface area contributed by atoms with Gasteiger partial charge in [0.15, 0.2) is 0 Å². The Morgan fingerprint density at radius 3 is 2.74 bits per heavy atom. The van der Waals surface area contributed by atoms with Gasteiger partial charge in [-0.1, -0.05) is 48.8 Å². The summed E-state index contributed by atoms with van der Waals surface area (Å²) in [5, 5.41) is 3.53. The summed E-state index contributed by atoms with van der Waals surface area (Å²) in [6.45, 7) is 1.42. The third-order valence-electron chi connectivity index (χ3n) is 9.06. The molecule has 1 spiro atoms. The van der Waals surface area contributed by atoms with E-state index in [1.54, 1.807) is 43.5 Å². The average Bonchev–Trinajstić information content (AvgIpc) is 3.60. The lowest BCUT2D eigenvalue weighted by molar-refractivity contribution is -0.128. The Balaban J connectivity index is 0.00000329. The predicted molar refractivity (Wildman–Crippen MR) is 163 cm³/mol. The number of aryl methyl sites for hydroxylation is 1. The lowest BCUT2D eigenvalue weighted by Gasteiger charge is -2.39. The van der Waals surface area contributed by atoms with E-state index in [0.29, 0.717) is 53.5 Å². The quantitative estimate of drug-likeness (QED) is 0.260. The molecule has 224 valence electrons. The van der Waals surface area contributed by atoms with Crippen LogP contribution in [0.2, 0.25) is 10.0 Å². The number of ether oxygens (including phenoxy) is 2. The third-order valence-corrected chi connectivity index (χ3v) is 9.59. The van der Waals surface area contributed by atoms with Gasteiger partial charge in [-0.05, 0) is 48.4 Å². The van der Waals surface area contributed by atoms with Gasteiger partial charge in [0.2, 0.25) is 5.91 Å². The normalized spacial score (nSPS) is 23.9. The highest BCUT2D eigenvalue weighted by Gasteiger charge is 2.68. The minimum atomic E-state index is -1.29. The summed E-state index contributed by atoms with van der Waals surface area (Å²) in [5.74, 6) is -1.65. The van der Waals surface area contributed by atoms with Gasteiger partial charge in [0.25, 0.3) is 0 Å². The van der Waals surface area contributed by atoms with Crippen molar-refractivity contribution in [2.45, 2.75) is 43.8 Å². The number of anilines is 1. The zero-order valence-electron chi connectivity index (χ0n) is 22.9. The molecule has 3 aliphatic rings. The molecule has 1 N–H and O–H groups in total. The van der Waals surface area contributed by atoms with Gasteiger partial charge in [-0.3, -0.25) is 9.69 Å². The Hall–Kier alpha value is -3.50. The molecule has 4 heterocycles. The second-order valence-corrected chi connectivity index (χ2v) is 11.8. The molecule has 8 nitrogen and oxygen atoms in total.